The molecule has 3 aromatic carbocycles. The first-order chi connectivity index (χ1) is 13.8. The van der Waals surface area contributed by atoms with Crippen LogP contribution < -0.4 is 9.62 Å². The van der Waals surface area contributed by atoms with Crippen LogP contribution in [0.2, 0.25) is 0 Å². The average Bonchev–Trinajstić information content (AvgIpc) is 2.95. The molecule has 7 heteroatoms. The van der Waals surface area contributed by atoms with Gasteiger partial charge in [-0.05, 0) is 73.5 Å². The van der Waals surface area contributed by atoms with Gasteiger partial charge in [0.25, 0.3) is 21.8 Å². The normalized spacial score (nSPS) is 13.5. The van der Waals surface area contributed by atoms with E-state index in [1.54, 1.807) is 36.4 Å². The summed E-state index contributed by atoms with van der Waals surface area (Å²) >= 11 is 0. The first kappa shape index (κ1) is 18.9. The Kier molecular flexibility index (Phi) is 4.47. The van der Waals surface area contributed by atoms with Crippen molar-refractivity contribution in [3.63, 3.8) is 0 Å². The number of hydrogen-bond donors (Lipinski definition) is 1. The predicted molar refractivity (Wildman–Crippen MR) is 111 cm³/mol. The van der Waals surface area contributed by atoms with E-state index in [2.05, 4.69) is 4.72 Å². The molecule has 1 heterocycles. The van der Waals surface area contributed by atoms with Gasteiger partial charge in [0.15, 0.2) is 0 Å². The van der Waals surface area contributed by atoms with Crippen molar-refractivity contribution >= 4 is 33.2 Å². The van der Waals surface area contributed by atoms with E-state index < -0.39 is 21.8 Å². The highest BCUT2D eigenvalue weighted by atomic mass is 32.2. The molecule has 2 amide bonds. The molecule has 0 spiro atoms. The van der Waals surface area contributed by atoms with Crippen LogP contribution in [0.1, 0.15) is 31.8 Å². The van der Waals surface area contributed by atoms with E-state index in [-0.39, 0.29) is 4.90 Å². The SMILES string of the molecule is Cc1ccc(NS(=O)(=O)c2ccc(N3C(=O)c4ccccc4C3=O)cc2)cc1C. The van der Waals surface area contributed by atoms with E-state index >= 15 is 0 Å². The molecule has 0 atom stereocenters. The number of imide groups is 1. The molecule has 1 aliphatic heterocycles. The summed E-state index contributed by atoms with van der Waals surface area (Å²) in [5.74, 6) is -0.844. The van der Waals surface area contributed by atoms with Crippen LogP contribution in [0, 0.1) is 13.8 Å². The highest BCUT2D eigenvalue weighted by Gasteiger charge is 2.36. The maximum absolute atomic E-state index is 12.7. The van der Waals surface area contributed by atoms with Gasteiger partial charge in [-0.2, -0.15) is 0 Å². The van der Waals surface area contributed by atoms with Crippen LogP contribution in [-0.4, -0.2) is 20.2 Å². The van der Waals surface area contributed by atoms with Crippen LogP contribution in [0.25, 0.3) is 0 Å². The number of nitrogens with zero attached hydrogens (tertiary/aromatic N) is 1. The van der Waals surface area contributed by atoms with Crippen molar-refractivity contribution < 1.29 is 18.0 Å². The third-order valence-corrected chi connectivity index (χ3v) is 6.36. The highest BCUT2D eigenvalue weighted by molar-refractivity contribution is 7.92. The minimum absolute atomic E-state index is 0.0380. The summed E-state index contributed by atoms with van der Waals surface area (Å²) in [4.78, 5) is 26.2. The van der Waals surface area contributed by atoms with Crippen molar-refractivity contribution in [1.82, 2.24) is 0 Å². The van der Waals surface area contributed by atoms with E-state index in [9.17, 15) is 18.0 Å². The molecule has 3 aromatic rings. The van der Waals surface area contributed by atoms with Gasteiger partial charge in [-0.15, -0.1) is 0 Å². The molecule has 29 heavy (non-hydrogen) atoms. The molecule has 1 aliphatic rings. The van der Waals surface area contributed by atoms with Crippen LogP contribution in [-0.2, 0) is 10.0 Å². The lowest BCUT2D eigenvalue weighted by Crippen LogP contribution is -2.29. The van der Waals surface area contributed by atoms with Crippen molar-refractivity contribution in [2.24, 2.45) is 0 Å². The van der Waals surface area contributed by atoms with Crippen molar-refractivity contribution in [3.8, 4) is 0 Å². The molecule has 0 fully saturated rings. The van der Waals surface area contributed by atoms with Crippen molar-refractivity contribution in [3.05, 3.63) is 89.0 Å². The molecule has 0 saturated heterocycles. The van der Waals surface area contributed by atoms with E-state index in [0.717, 1.165) is 16.0 Å². The zero-order chi connectivity index (χ0) is 20.8. The zero-order valence-electron chi connectivity index (χ0n) is 15.8. The molecule has 1 N–H and O–H groups in total. The lowest BCUT2D eigenvalue weighted by molar-refractivity contribution is 0.0926. The zero-order valence-corrected chi connectivity index (χ0v) is 16.7. The molecule has 146 valence electrons. The lowest BCUT2D eigenvalue weighted by Gasteiger charge is -2.15. The number of nitrogens with one attached hydrogen (secondary N) is 1. The minimum Gasteiger partial charge on any atom is -0.280 e. The Morgan fingerprint density at radius 3 is 1.90 bits per heavy atom. The number of hydrogen-bond acceptors (Lipinski definition) is 4. The number of benzene rings is 3. The van der Waals surface area contributed by atoms with Crippen LogP contribution in [0.4, 0.5) is 11.4 Å². The fourth-order valence-corrected chi connectivity index (χ4v) is 4.27. The standard InChI is InChI=1S/C22H18N2O4S/c1-14-7-8-16(13-15(14)2)23-29(27,28)18-11-9-17(10-12-18)24-21(25)19-5-3-4-6-20(19)22(24)26/h3-13,23H,1-2H3. The summed E-state index contributed by atoms with van der Waals surface area (Å²) in [7, 11) is -3.80. The van der Waals surface area contributed by atoms with Gasteiger partial charge in [0.05, 0.1) is 21.7 Å². The van der Waals surface area contributed by atoms with E-state index in [1.807, 2.05) is 19.9 Å². The Balaban J connectivity index is 1.60. The predicted octanol–water partition coefficient (Wildman–Crippen LogP) is 3.90. The molecule has 0 aromatic heterocycles. The van der Waals surface area contributed by atoms with Gasteiger partial charge in [0.2, 0.25) is 0 Å². The van der Waals surface area contributed by atoms with E-state index in [1.165, 1.54) is 24.3 Å². The summed E-state index contributed by atoms with van der Waals surface area (Å²) in [6.45, 7) is 3.86. The molecule has 6 nitrogen and oxygen atoms in total. The molecular weight excluding hydrogens is 388 g/mol. The fourth-order valence-electron chi connectivity index (χ4n) is 3.22. The third kappa shape index (κ3) is 3.30. The second kappa shape index (κ2) is 6.86. The van der Waals surface area contributed by atoms with Gasteiger partial charge in [0.1, 0.15) is 0 Å². The minimum atomic E-state index is -3.80. The van der Waals surface area contributed by atoms with Gasteiger partial charge < -0.3 is 0 Å². The fraction of sp³-hybridized carbons (Fsp3) is 0.0909. The van der Waals surface area contributed by atoms with Gasteiger partial charge in [-0.1, -0.05) is 18.2 Å². The molecular formula is C22H18N2O4S. The first-order valence-electron chi connectivity index (χ1n) is 8.96. The smallest absolute Gasteiger partial charge is 0.266 e. The second-order valence-electron chi connectivity index (χ2n) is 6.89. The maximum Gasteiger partial charge on any atom is 0.266 e. The Morgan fingerprint density at radius 1 is 0.759 bits per heavy atom. The van der Waals surface area contributed by atoms with Crippen LogP contribution >= 0.6 is 0 Å². The first-order valence-corrected chi connectivity index (χ1v) is 10.4. The molecule has 0 aliphatic carbocycles. The number of carbonyl (C=O) groups is 2. The van der Waals surface area contributed by atoms with Gasteiger partial charge >= 0.3 is 0 Å². The quantitative estimate of drug-likeness (QED) is 0.666. The van der Waals surface area contributed by atoms with E-state index in [4.69, 9.17) is 0 Å². The molecule has 0 unspecified atom stereocenters. The van der Waals surface area contributed by atoms with Crippen LogP contribution in [0.3, 0.4) is 0 Å². The molecule has 0 bridgehead atoms. The third-order valence-electron chi connectivity index (χ3n) is 4.96. The summed E-state index contributed by atoms with van der Waals surface area (Å²) in [5, 5.41) is 0. The molecule has 4 rings (SSSR count). The maximum atomic E-state index is 12.7. The van der Waals surface area contributed by atoms with E-state index in [0.29, 0.717) is 22.5 Å². The van der Waals surface area contributed by atoms with Crippen molar-refractivity contribution in [2.75, 3.05) is 9.62 Å². The van der Waals surface area contributed by atoms with Crippen LogP contribution in [0.15, 0.2) is 71.6 Å². The summed E-state index contributed by atoms with van der Waals surface area (Å²) < 4.78 is 27.9. The van der Waals surface area contributed by atoms with Gasteiger partial charge in [-0.3, -0.25) is 14.3 Å². The topological polar surface area (TPSA) is 83.6 Å². The number of fused-ring (bicyclic) bond motifs is 1. The number of aryl methyl sites for hydroxylation is 2. The Hall–Kier alpha value is -3.45. The highest BCUT2D eigenvalue weighted by Crippen LogP contribution is 2.29. The number of amides is 2. The number of rotatable bonds is 4. The number of carbonyl (C=O) groups excluding carboxylic acids is 2. The largest absolute Gasteiger partial charge is 0.280 e. The van der Waals surface area contributed by atoms with Crippen molar-refractivity contribution in [2.45, 2.75) is 18.7 Å². The number of anilines is 2. The summed E-state index contributed by atoms with van der Waals surface area (Å²) in [5.41, 5.74) is 3.51. The average molecular weight is 406 g/mol. The Bertz CT molecular complexity index is 1210. The number of sulfonamides is 1. The van der Waals surface area contributed by atoms with Gasteiger partial charge in [0, 0.05) is 5.69 Å². The summed E-state index contributed by atoms with van der Waals surface area (Å²) in [6, 6.07) is 17.6. The monoisotopic (exact) mass is 406 g/mol. The molecule has 0 radical (unpaired) electrons. The second-order valence-corrected chi connectivity index (χ2v) is 8.57. The lowest BCUT2D eigenvalue weighted by atomic mass is 10.1. The van der Waals surface area contributed by atoms with Crippen molar-refractivity contribution in [1.29, 1.82) is 0 Å². The summed E-state index contributed by atoms with van der Waals surface area (Å²) in [6.07, 6.45) is 0. The Labute approximate surface area is 168 Å². The van der Waals surface area contributed by atoms with Crippen LogP contribution in [0.5, 0.6) is 0 Å². The Morgan fingerprint density at radius 2 is 1.34 bits per heavy atom. The van der Waals surface area contributed by atoms with Gasteiger partial charge in [-0.25, -0.2) is 13.3 Å². The molecule has 0 saturated carbocycles.